The van der Waals surface area contributed by atoms with E-state index in [-0.39, 0.29) is 36.4 Å². The van der Waals surface area contributed by atoms with Crippen LogP contribution >= 0.6 is 11.3 Å². The number of nitrogens with zero attached hydrogens (tertiary/aromatic N) is 2. The number of carbonyl (C=O) groups is 3. The highest BCUT2D eigenvalue weighted by Crippen LogP contribution is 2.31. The Morgan fingerprint density at radius 1 is 1.21 bits per heavy atom. The largest absolute Gasteiger partial charge is 0.326 e. The molecule has 1 atom stereocenters. The van der Waals surface area contributed by atoms with Crippen LogP contribution in [0.1, 0.15) is 13.3 Å². The van der Waals surface area contributed by atoms with Crippen molar-refractivity contribution >= 4 is 55.8 Å². The maximum Gasteiger partial charge on any atom is 0.231 e. The van der Waals surface area contributed by atoms with Gasteiger partial charge in [0.1, 0.15) is 5.82 Å². The van der Waals surface area contributed by atoms with Crippen LogP contribution in [-0.2, 0) is 14.4 Å². The van der Waals surface area contributed by atoms with Crippen LogP contribution < -0.4 is 15.5 Å². The monoisotopic (exact) mass is 412 g/mol. The van der Waals surface area contributed by atoms with E-state index in [1.54, 1.807) is 30.3 Å². The second-order valence-corrected chi connectivity index (χ2v) is 7.76. The summed E-state index contributed by atoms with van der Waals surface area (Å²) in [5.41, 5.74) is 1.52. The lowest BCUT2D eigenvalue weighted by Gasteiger charge is -2.17. The van der Waals surface area contributed by atoms with E-state index in [9.17, 15) is 18.8 Å². The Balaban J connectivity index is 1.47. The lowest BCUT2D eigenvalue weighted by atomic mass is 10.1. The van der Waals surface area contributed by atoms with Crippen LogP contribution in [0, 0.1) is 11.7 Å². The van der Waals surface area contributed by atoms with Crippen LogP contribution in [0.5, 0.6) is 0 Å². The van der Waals surface area contributed by atoms with Gasteiger partial charge in [-0.2, -0.15) is 0 Å². The third-order valence-electron chi connectivity index (χ3n) is 4.58. The van der Waals surface area contributed by atoms with Crippen LogP contribution in [0.2, 0.25) is 0 Å². The standard InChI is InChI=1S/C20H17FN4O3S/c1-11(26)22-13-6-7-15-17(9-13)29-20(23-15)24-19(28)12-8-18(27)25(10-12)16-5-3-2-4-14(16)21/h2-7,9,12H,8,10H2,1H3,(H,22,26)(H,23,24,28). The minimum Gasteiger partial charge on any atom is -0.326 e. The first kappa shape index (κ1) is 19.0. The quantitative estimate of drug-likeness (QED) is 0.687. The van der Waals surface area contributed by atoms with Crippen LogP contribution in [0.3, 0.4) is 0 Å². The molecule has 2 N–H and O–H groups in total. The predicted octanol–water partition coefficient (Wildman–Crippen LogP) is 3.39. The number of hydrogen-bond acceptors (Lipinski definition) is 5. The molecule has 3 amide bonds. The van der Waals surface area contributed by atoms with Gasteiger partial charge in [0.2, 0.25) is 17.7 Å². The molecule has 1 unspecified atom stereocenters. The molecule has 1 aliphatic heterocycles. The van der Waals surface area contributed by atoms with Gasteiger partial charge < -0.3 is 15.5 Å². The molecule has 0 saturated carbocycles. The molecule has 0 radical (unpaired) electrons. The summed E-state index contributed by atoms with van der Waals surface area (Å²) in [5, 5.41) is 5.85. The van der Waals surface area contributed by atoms with Crippen LogP contribution in [0.4, 0.5) is 20.9 Å². The van der Waals surface area contributed by atoms with Crippen molar-refractivity contribution in [2.45, 2.75) is 13.3 Å². The summed E-state index contributed by atoms with van der Waals surface area (Å²) in [6.45, 7) is 1.54. The molecule has 2 aromatic carbocycles. The number of anilines is 3. The van der Waals surface area contributed by atoms with Gasteiger partial charge in [-0.3, -0.25) is 14.4 Å². The minimum absolute atomic E-state index is 0.0116. The van der Waals surface area contributed by atoms with Crippen LogP contribution in [0.25, 0.3) is 10.2 Å². The molecule has 1 saturated heterocycles. The highest BCUT2D eigenvalue weighted by molar-refractivity contribution is 7.22. The third-order valence-corrected chi connectivity index (χ3v) is 5.51. The molecule has 4 rings (SSSR count). The topological polar surface area (TPSA) is 91.4 Å². The normalized spacial score (nSPS) is 16.3. The van der Waals surface area contributed by atoms with Crippen molar-refractivity contribution in [2.24, 2.45) is 5.92 Å². The van der Waals surface area contributed by atoms with E-state index in [4.69, 9.17) is 0 Å². The zero-order chi connectivity index (χ0) is 20.5. The molecular formula is C20H17FN4O3S. The highest BCUT2D eigenvalue weighted by atomic mass is 32.1. The second kappa shape index (κ2) is 7.59. The first-order chi connectivity index (χ1) is 13.9. The van der Waals surface area contributed by atoms with Crippen molar-refractivity contribution in [1.29, 1.82) is 0 Å². The van der Waals surface area contributed by atoms with Crippen LogP contribution in [0.15, 0.2) is 42.5 Å². The zero-order valence-electron chi connectivity index (χ0n) is 15.4. The number of aromatic nitrogens is 1. The van der Waals surface area contributed by atoms with Gasteiger partial charge in [0.05, 0.1) is 21.8 Å². The summed E-state index contributed by atoms with van der Waals surface area (Å²) in [5.74, 6) is -1.89. The molecule has 0 spiro atoms. The van der Waals surface area contributed by atoms with Crippen molar-refractivity contribution in [3.8, 4) is 0 Å². The lowest BCUT2D eigenvalue weighted by molar-refractivity contribution is -0.122. The lowest BCUT2D eigenvalue weighted by Crippen LogP contribution is -2.28. The highest BCUT2D eigenvalue weighted by Gasteiger charge is 2.36. The number of halogens is 1. The summed E-state index contributed by atoms with van der Waals surface area (Å²) >= 11 is 1.27. The van der Waals surface area contributed by atoms with E-state index >= 15 is 0 Å². The average Bonchev–Trinajstić information content (AvgIpc) is 3.24. The Labute approximate surface area is 169 Å². The number of para-hydroxylation sites is 1. The number of amides is 3. The summed E-state index contributed by atoms with van der Waals surface area (Å²) in [7, 11) is 0. The first-order valence-corrected chi connectivity index (χ1v) is 9.76. The summed E-state index contributed by atoms with van der Waals surface area (Å²) in [4.78, 5) is 41.8. The van der Waals surface area contributed by atoms with Gasteiger partial charge in [-0.1, -0.05) is 23.5 Å². The van der Waals surface area contributed by atoms with Crippen LogP contribution in [-0.4, -0.2) is 29.3 Å². The maximum atomic E-state index is 14.0. The van der Waals surface area contributed by atoms with Gasteiger partial charge in [0, 0.05) is 25.6 Å². The van der Waals surface area contributed by atoms with E-state index in [1.807, 2.05) is 0 Å². The fraction of sp³-hybridized carbons (Fsp3) is 0.200. The summed E-state index contributed by atoms with van der Waals surface area (Å²) in [6.07, 6.45) is 0.0116. The van der Waals surface area contributed by atoms with E-state index in [2.05, 4.69) is 15.6 Å². The Morgan fingerprint density at radius 2 is 2.00 bits per heavy atom. The molecule has 1 fully saturated rings. The Morgan fingerprint density at radius 3 is 2.76 bits per heavy atom. The molecular weight excluding hydrogens is 395 g/mol. The molecule has 9 heteroatoms. The van der Waals surface area contributed by atoms with Crippen molar-refractivity contribution in [1.82, 2.24) is 4.98 Å². The fourth-order valence-electron chi connectivity index (χ4n) is 3.25. The molecule has 0 bridgehead atoms. The average molecular weight is 412 g/mol. The molecule has 1 aromatic heterocycles. The van der Waals surface area contributed by atoms with E-state index < -0.39 is 11.7 Å². The van der Waals surface area contributed by atoms with Crippen molar-refractivity contribution in [2.75, 3.05) is 22.1 Å². The van der Waals surface area contributed by atoms with Crippen molar-refractivity contribution < 1.29 is 18.8 Å². The van der Waals surface area contributed by atoms with E-state index in [1.165, 1.54) is 35.3 Å². The van der Waals surface area contributed by atoms with Gasteiger partial charge >= 0.3 is 0 Å². The number of carbonyl (C=O) groups excluding carboxylic acids is 3. The van der Waals surface area contributed by atoms with E-state index in [0.717, 1.165) is 4.70 Å². The number of hydrogen-bond donors (Lipinski definition) is 2. The first-order valence-electron chi connectivity index (χ1n) is 8.94. The van der Waals surface area contributed by atoms with Crippen molar-refractivity contribution in [3.63, 3.8) is 0 Å². The molecule has 1 aliphatic rings. The molecule has 2 heterocycles. The maximum absolute atomic E-state index is 14.0. The second-order valence-electron chi connectivity index (χ2n) is 6.73. The van der Waals surface area contributed by atoms with Gasteiger partial charge in [-0.25, -0.2) is 9.37 Å². The van der Waals surface area contributed by atoms with Gasteiger partial charge in [-0.05, 0) is 30.3 Å². The minimum atomic E-state index is -0.593. The molecule has 7 nitrogen and oxygen atoms in total. The molecule has 0 aliphatic carbocycles. The molecule has 29 heavy (non-hydrogen) atoms. The zero-order valence-corrected chi connectivity index (χ0v) is 16.3. The van der Waals surface area contributed by atoms with Gasteiger partial charge in [-0.15, -0.1) is 0 Å². The summed E-state index contributed by atoms with van der Waals surface area (Å²) in [6, 6.07) is 11.3. The predicted molar refractivity (Wildman–Crippen MR) is 109 cm³/mol. The smallest absolute Gasteiger partial charge is 0.231 e. The third kappa shape index (κ3) is 3.95. The van der Waals surface area contributed by atoms with Crippen molar-refractivity contribution in [3.05, 3.63) is 48.3 Å². The molecule has 3 aromatic rings. The number of nitrogens with one attached hydrogen (secondary N) is 2. The number of thiazole rings is 1. The Bertz CT molecular complexity index is 1130. The van der Waals surface area contributed by atoms with Gasteiger partial charge in [0.25, 0.3) is 0 Å². The molecule has 148 valence electrons. The number of fused-ring (bicyclic) bond motifs is 1. The SMILES string of the molecule is CC(=O)Nc1ccc2nc(NC(=O)C3CC(=O)N(c4ccccc4F)C3)sc2c1. The van der Waals surface area contributed by atoms with E-state index in [0.29, 0.717) is 16.3 Å². The number of benzene rings is 2. The fourth-order valence-corrected chi connectivity index (χ4v) is 4.16. The number of rotatable bonds is 4. The van der Waals surface area contributed by atoms with Gasteiger partial charge in [0.15, 0.2) is 5.13 Å². The Kier molecular flexibility index (Phi) is 4.98. The summed E-state index contributed by atoms with van der Waals surface area (Å²) < 4.78 is 14.8. The Hall–Kier alpha value is -3.33.